The minimum atomic E-state index is -0.508. The highest BCUT2D eigenvalue weighted by Gasteiger charge is 2.23. The Balaban J connectivity index is 3.53. The van der Waals surface area contributed by atoms with Crippen LogP contribution in [0.4, 0.5) is 5.69 Å². The Hall–Kier alpha value is -1.17. The van der Waals surface area contributed by atoms with Gasteiger partial charge in [0.05, 0.1) is 10.5 Å². The summed E-state index contributed by atoms with van der Waals surface area (Å²) in [6.45, 7) is 3.04. The van der Waals surface area contributed by atoms with Crippen LogP contribution >= 0.6 is 15.9 Å². The summed E-state index contributed by atoms with van der Waals surface area (Å²) in [5.41, 5.74) is 0.583. The van der Waals surface area contributed by atoms with Gasteiger partial charge in [-0.3, -0.25) is 10.1 Å². The first-order valence-electron chi connectivity index (χ1n) is 3.48. The van der Waals surface area contributed by atoms with E-state index < -0.39 is 4.92 Å². The Bertz CT molecular complexity index is 378. The van der Waals surface area contributed by atoms with Crippen LogP contribution in [0.2, 0.25) is 0 Å². The highest BCUT2D eigenvalue weighted by atomic mass is 79.9. The van der Waals surface area contributed by atoms with Gasteiger partial charge >= 0.3 is 0 Å². The molecule has 1 aromatic rings. The van der Waals surface area contributed by atoms with E-state index in [0.717, 1.165) is 0 Å². The molecule has 70 valence electrons. The van der Waals surface area contributed by atoms with Crippen LogP contribution < -0.4 is 4.73 Å². The number of nitrogens with zero attached hydrogens (tertiary/aromatic N) is 2. The molecular weight excluding hydrogens is 240 g/mol. The van der Waals surface area contributed by atoms with Crippen molar-refractivity contribution >= 4 is 21.6 Å². The molecule has 0 N–H and O–H groups in total. The van der Waals surface area contributed by atoms with Crippen LogP contribution in [0, 0.1) is 29.2 Å². The van der Waals surface area contributed by atoms with Crippen molar-refractivity contribution in [3.8, 4) is 0 Å². The Kier molecular flexibility index (Phi) is 2.51. The second-order valence-electron chi connectivity index (χ2n) is 2.64. The van der Waals surface area contributed by atoms with E-state index in [4.69, 9.17) is 0 Å². The third-order valence-corrected chi connectivity index (χ3v) is 2.67. The third kappa shape index (κ3) is 1.62. The van der Waals surface area contributed by atoms with E-state index in [-0.39, 0.29) is 15.9 Å². The van der Waals surface area contributed by atoms with Gasteiger partial charge in [-0.1, -0.05) is 0 Å². The summed E-state index contributed by atoms with van der Waals surface area (Å²) in [4.78, 5) is 10.1. The molecule has 0 amide bonds. The fourth-order valence-corrected chi connectivity index (χ4v) is 1.63. The molecule has 0 aromatic carbocycles. The maximum atomic E-state index is 11.1. The molecule has 0 unspecified atom stereocenters. The van der Waals surface area contributed by atoms with Crippen molar-refractivity contribution in [1.82, 2.24) is 0 Å². The molecular formula is C7H7BrN2O3. The van der Waals surface area contributed by atoms with Crippen molar-refractivity contribution in [3.63, 3.8) is 0 Å². The monoisotopic (exact) mass is 246 g/mol. The smallest absolute Gasteiger partial charge is 0.298 e. The highest BCUT2D eigenvalue weighted by Crippen LogP contribution is 2.28. The normalized spacial score (nSPS) is 10.1. The first-order chi connectivity index (χ1) is 5.95. The second kappa shape index (κ2) is 3.29. The molecule has 0 radical (unpaired) electrons. The Morgan fingerprint density at radius 3 is 2.54 bits per heavy atom. The van der Waals surface area contributed by atoms with Crippen molar-refractivity contribution in [1.29, 1.82) is 0 Å². The minimum Gasteiger partial charge on any atom is -0.618 e. The van der Waals surface area contributed by atoms with Crippen LogP contribution in [0.1, 0.15) is 11.3 Å². The number of pyridine rings is 1. The van der Waals surface area contributed by atoms with Crippen molar-refractivity contribution < 1.29 is 9.65 Å². The van der Waals surface area contributed by atoms with Crippen LogP contribution in [-0.4, -0.2) is 4.92 Å². The van der Waals surface area contributed by atoms with Crippen LogP contribution in [0.3, 0.4) is 0 Å². The first-order valence-corrected chi connectivity index (χ1v) is 4.27. The molecule has 0 bridgehead atoms. The second-order valence-corrected chi connectivity index (χ2v) is 3.44. The molecule has 0 fully saturated rings. The summed E-state index contributed by atoms with van der Waals surface area (Å²) in [7, 11) is 0. The van der Waals surface area contributed by atoms with E-state index in [0.29, 0.717) is 10.3 Å². The zero-order valence-electron chi connectivity index (χ0n) is 7.07. The molecule has 5 nitrogen and oxygen atoms in total. The summed E-state index contributed by atoms with van der Waals surface area (Å²) < 4.78 is 0.847. The highest BCUT2D eigenvalue weighted by molar-refractivity contribution is 9.10. The van der Waals surface area contributed by atoms with E-state index in [1.54, 1.807) is 0 Å². The van der Waals surface area contributed by atoms with Gasteiger partial charge < -0.3 is 5.21 Å². The molecule has 0 saturated carbocycles. The van der Waals surface area contributed by atoms with Gasteiger partial charge in [0.2, 0.25) is 5.69 Å². The maximum Gasteiger partial charge on any atom is 0.298 e. The lowest BCUT2D eigenvalue weighted by atomic mass is 10.2. The van der Waals surface area contributed by atoms with E-state index in [1.165, 1.54) is 20.0 Å². The number of aromatic nitrogens is 1. The van der Waals surface area contributed by atoms with Gasteiger partial charge in [0, 0.05) is 6.92 Å². The van der Waals surface area contributed by atoms with E-state index in [1.807, 2.05) is 0 Å². The number of hydrogen-bond acceptors (Lipinski definition) is 3. The topological polar surface area (TPSA) is 70.1 Å². The third-order valence-electron chi connectivity index (χ3n) is 1.72. The number of aryl methyl sites for hydroxylation is 1. The molecule has 1 aromatic heterocycles. The lowest BCUT2D eigenvalue weighted by Gasteiger charge is -2.04. The molecule has 6 heteroatoms. The SMILES string of the molecule is Cc1c[n+]([O-])c(C)c(Br)c1[N+](=O)[O-]. The van der Waals surface area contributed by atoms with Crippen LogP contribution in [0.5, 0.6) is 0 Å². The fourth-order valence-electron chi connectivity index (χ4n) is 0.999. The standard InChI is InChI=1S/C7H7BrN2O3/c1-4-3-9(11)5(2)6(8)7(4)10(12)13/h3H,1-2H3. The maximum absolute atomic E-state index is 11.1. The zero-order valence-corrected chi connectivity index (χ0v) is 8.66. The average Bonchev–Trinajstić information content (AvgIpc) is 1.99. The quantitative estimate of drug-likeness (QED) is 0.327. The summed E-state index contributed by atoms with van der Waals surface area (Å²) in [5.74, 6) is 0. The molecule has 0 atom stereocenters. The van der Waals surface area contributed by atoms with Gasteiger partial charge in [0.1, 0.15) is 0 Å². The van der Waals surface area contributed by atoms with Crippen molar-refractivity contribution in [2.24, 2.45) is 0 Å². The summed E-state index contributed by atoms with van der Waals surface area (Å²) in [5, 5.41) is 21.7. The molecule has 0 aliphatic rings. The van der Waals surface area contributed by atoms with E-state index in [2.05, 4.69) is 15.9 Å². The lowest BCUT2D eigenvalue weighted by Crippen LogP contribution is -2.30. The number of rotatable bonds is 1. The van der Waals surface area contributed by atoms with Crippen LogP contribution in [-0.2, 0) is 0 Å². The van der Waals surface area contributed by atoms with Gasteiger partial charge in [-0.2, -0.15) is 4.73 Å². The van der Waals surface area contributed by atoms with Gasteiger partial charge in [0.15, 0.2) is 10.7 Å². The predicted molar refractivity (Wildman–Crippen MR) is 49.2 cm³/mol. The molecule has 13 heavy (non-hydrogen) atoms. The Labute approximate surface area is 82.9 Å². The Morgan fingerprint density at radius 1 is 1.54 bits per heavy atom. The van der Waals surface area contributed by atoms with Crippen molar-refractivity contribution in [2.45, 2.75) is 13.8 Å². The fraction of sp³-hybridized carbons (Fsp3) is 0.286. The van der Waals surface area contributed by atoms with Crippen molar-refractivity contribution in [2.75, 3.05) is 0 Å². The van der Waals surface area contributed by atoms with Gasteiger partial charge in [-0.15, -0.1) is 0 Å². The first kappa shape index (κ1) is 9.91. The van der Waals surface area contributed by atoms with Crippen LogP contribution in [0.15, 0.2) is 10.7 Å². The Morgan fingerprint density at radius 2 is 2.08 bits per heavy atom. The molecule has 0 aliphatic heterocycles. The minimum absolute atomic E-state index is 0.0513. The van der Waals surface area contributed by atoms with E-state index >= 15 is 0 Å². The molecule has 1 rings (SSSR count). The lowest BCUT2D eigenvalue weighted by molar-refractivity contribution is -0.614. The van der Waals surface area contributed by atoms with Gasteiger partial charge in [-0.25, -0.2) is 0 Å². The average molecular weight is 247 g/mol. The summed E-state index contributed by atoms with van der Waals surface area (Å²) in [6.07, 6.45) is 1.19. The van der Waals surface area contributed by atoms with Crippen molar-refractivity contribution in [3.05, 3.63) is 37.2 Å². The predicted octanol–water partition coefficient (Wildman–Crippen LogP) is 1.61. The number of hydrogen-bond donors (Lipinski definition) is 0. The molecule has 0 saturated heterocycles. The summed E-state index contributed by atoms with van der Waals surface area (Å²) >= 11 is 3.02. The van der Waals surface area contributed by atoms with Gasteiger partial charge in [-0.05, 0) is 22.9 Å². The van der Waals surface area contributed by atoms with Crippen LogP contribution in [0.25, 0.3) is 0 Å². The molecule has 1 heterocycles. The van der Waals surface area contributed by atoms with E-state index in [9.17, 15) is 15.3 Å². The molecule has 0 spiro atoms. The zero-order chi connectivity index (χ0) is 10.2. The number of halogens is 1. The molecule has 0 aliphatic carbocycles. The van der Waals surface area contributed by atoms with Gasteiger partial charge in [0.25, 0.3) is 5.69 Å². The largest absolute Gasteiger partial charge is 0.618 e. The summed E-state index contributed by atoms with van der Waals surface area (Å²) in [6, 6.07) is 0. The number of nitro groups is 1.